The molecule has 3 amide bonds. The van der Waals surface area contributed by atoms with Crippen LogP contribution < -0.4 is 15.5 Å². The number of halogens is 1. The summed E-state index contributed by atoms with van der Waals surface area (Å²) in [6.45, 7) is 5.29. The maximum Gasteiger partial charge on any atom is 0.415 e. The van der Waals surface area contributed by atoms with Gasteiger partial charge in [0.15, 0.2) is 5.60 Å². The number of carbonyl (C=O) groups excluding carboxylic acids is 3. The number of nitrogens with zero attached hydrogens (tertiary/aromatic N) is 2. The SMILES string of the molecule is CC(=O)Nc1cc(NC(=O)CN2CCOC[C@]3(C2)CN(c2ccc(Cl)cc2)C(=O)O3)ccc1C. The third-order valence-corrected chi connectivity index (χ3v) is 5.99. The molecule has 2 aromatic carbocycles. The van der Waals surface area contributed by atoms with Gasteiger partial charge < -0.3 is 20.1 Å². The largest absolute Gasteiger partial charge is 0.437 e. The molecule has 4 rings (SSSR count). The van der Waals surface area contributed by atoms with Crippen LogP contribution in [0.25, 0.3) is 0 Å². The minimum absolute atomic E-state index is 0.104. The van der Waals surface area contributed by atoms with Gasteiger partial charge in [0.25, 0.3) is 0 Å². The number of benzene rings is 2. The molecule has 34 heavy (non-hydrogen) atoms. The zero-order chi connectivity index (χ0) is 24.3. The average Bonchev–Trinajstić information content (AvgIpc) is 2.96. The van der Waals surface area contributed by atoms with E-state index in [0.717, 1.165) is 5.56 Å². The fourth-order valence-corrected chi connectivity index (χ4v) is 4.27. The number of nitrogens with one attached hydrogen (secondary N) is 2. The number of hydrogen-bond donors (Lipinski definition) is 2. The summed E-state index contributed by atoms with van der Waals surface area (Å²) in [5.41, 5.74) is 1.94. The number of rotatable bonds is 5. The third-order valence-electron chi connectivity index (χ3n) is 5.74. The summed E-state index contributed by atoms with van der Waals surface area (Å²) in [4.78, 5) is 40.3. The van der Waals surface area contributed by atoms with Crippen LogP contribution in [0.4, 0.5) is 21.9 Å². The van der Waals surface area contributed by atoms with Crippen molar-refractivity contribution in [2.24, 2.45) is 0 Å². The lowest BCUT2D eigenvalue weighted by Crippen LogP contribution is -2.49. The van der Waals surface area contributed by atoms with Gasteiger partial charge in [0.2, 0.25) is 11.8 Å². The molecule has 2 saturated heterocycles. The monoisotopic (exact) mass is 486 g/mol. The van der Waals surface area contributed by atoms with Crippen LogP contribution in [0.2, 0.25) is 5.02 Å². The molecule has 0 bridgehead atoms. The third kappa shape index (κ3) is 5.67. The highest BCUT2D eigenvalue weighted by atomic mass is 35.5. The molecule has 0 saturated carbocycles. The summed E-state index contributed by atoms with van der Waals surface area (Å²) in [7, 11) is 0. The van der Waals surface area contributed by atoms with Gasteiger partial charge in [-0.05, 0) is 48.9 Å². The molecule has 9 nitrogen and oxygen atoms in total. The number of anilines is 3. The van der Waals surface area contributed by atoms with E-state index in [1.807, 2.05) is 17.9 Å². The summed E-state index contributed by atoms with van der Waals surface area (Å²) in [5, 5.41) is 6.21. The predicted octanol–water partition coefficient (Wildman–Crippen LogP) is 3.27. The molecule has 0 aliphatic carbocycles. The Balaban J connectivity index is 1.41. The predicted molar refractivity (Wildman–Crippen MR) is 129 cm³/mol. The smallest absolute Gasteiger partial charge is 0.415 e. The van der Waals surface area contributed by atoms with Gasteiger partial charge in [0.1, 0.15) is 0 Å². The first-order valence-corrected chi connectivity index (χ1v) is 11.4. The molecule has 2 N–H and O–H groups in total. The fraction of sp³-hybridized carbons (Fsp3) is 0.375. The highest BCUT2D eigenvalue weighted by Gasteiger charge is 2.48. The molecular weight excluding hydrogens is 460 g/mol. The maximum atomic E-state index is 12.8. The van der Waals surface area contributed by atoms with Crippen LogP contribution in [0.3, 0.4) is 0 Å². The van der Waals surface area contributed by atoms with Crippen molar-refractivity contribution in [2.75, 3.05) is 54.9 Å². The van der Waals surface area contributed by atoms with Crippen LogP contribution in [0.1, 0.15) is 12.5 Å². The van der Waals surface area contributed by atoms with Crippen LogP contribution in [-0.2, 0) is 19.1 Å². The first kappa shape index (κ1) is 24.0. The molecule has 0 radical (unpaired) electrons. The molecule has 180 valence electrons. The first-order chi connectivity index (χ1) is 16.2. The van der Waals surface area contributed by atoms with E-state index in [1.54, 1.807) is 41.3 Å². The van der Waals surface area contributed by atoms with E-state index in [4.69, 9.17) is 21.1 Å². The van der Waals surface area contributed by atoms with E-state index in [0.29, 0.717) is 48.3 Å². The number of carbonyl (C=O) groups is 3. The molecule has 2 aliphatic rings. The van der Waals surface area contributed by atoms with E-state index in [2.05, 4.69) is 10.6 Å². The summed E-state index contributed by atoms with van der Waals surface area (Å²) < 4.78 is 11.5. The summed E-state index contributed by atoms with van der Waals surface area (Å²) >= 11 is 5.96. The van der Waals surface area contributed by atoms with Crippen molar-refractivity contribution in [3.05, 3.63) is 53.1 Å². The molecule has 0 unspecified atom stereocenters. The number of aryl methyl sites for hydroxylation is 1. The van der Waals surface area contributed by atoms with Crippen LogP contribution in [0.15, 0.2) is 42.5 Å². The van der Waals surface area contributed by atoms with Gasteiger partial charge in [-0.15, -0.1) is 0 Å². The molecule has 10 heteroatoms. The molecule has 1 spiro atoms. The Morgan fingerprint density at radius 1 is 1.12 bits per heavy atom. The average molecular weight is 487 g/mol. The Labute approximate surface area is 202 Å². The topological polar surface area (TPSA) is 100 Å². The van der Waals surface area contributed by atoms with Crippen LogP contribution in [0.5, 0.6) is 0 Å². The molecule has 1 atom stereocenters. The maximum absolute atomic E-state index is 12.8. The minimum Gasteiger partial charge on any atom is -0.437 e. The van der Waals surface area contributed by atoms with Crippen LogP contribution in [-0.4, -0.2) is 67.8 Å². The summed E-state index contributed by atoms with van der Waals surface area (Å²) in [6.07, 6.45) is -0.456. The van der Waals surface area contributed by atoms with Crippen LogP contribution in [0, 0.1) is 6.92 Å². The van der Waals surface area contributed by atoms with Gasteiger partial charge in [-0.3, -0.25) is 19.4 Å². The lowest BCUT2D eigenvalue weighted by atomic mass is 10.0. The molecule has 0 aromatic heterocycles. The van der Waals surface area contributed by atoms with Gasteiger partial charge in [0, 0.05) is 42.1 Å². The van der Waals surface area contributed by atoms with Gasteiger partial charge in [-0.25, -0.2) is 4.79 Å². The Hall–Kier alpha value is -3.14. The zero-order valence-corrected chi connectivity index (χ0v) is 19.9. The minimum atomic E-state index is -0.879. The standard InChI is InChI=1S/C24H27ClN4O5/c1-16-3-6-19(11-21(16)26-17(2)30)27-22(31)12-28-9-10-33-15-24(13-28)14-29(23(32)34-24)20-7-4-18(25)5-8-20/h3-8,11H,9-10,12-15H2,1-2H3,(H,26,30)(H,27,31)/t24-/m0/s1. The second kappa shape index (κ2) is 10.0. The van der Waals surface area contributed by atoms with Crippen molar-refractivity contribution in [3.8, 4) is 0 Å². The Bertz CT molecular complexity index is 1090. The van der Waals surface area contributed by atoms with E-state index >= 15 is 0 Å². The van der Waals surface area contributed by atoms with E-state index in [1.165, 1.54) is 6.92 Å². The van der Waals surface area contributed by atoms with Crippen molar-refractivity contribution in [1.29, 1.82) is 0 Å². The highest BCUT2D eigenvalue weighted by Crippen LogP contribution is 2.31. The Morgan fingerprint density at radius 2 is 1.88 bits per heavy atom. The molecule has 2 fully saturated rings. The number of hydrogen-bond acceptors (Lipinski definition) is 6. The van der Waals surface area contributed by atoms with Crippen LogP contribution >= 0.6 is 11.6 Å². The lowest BCUT2D eigenvalue weighted by molar-refractivity contribution is -0.117. The van der Waals surface area contributed by atoms with Crippen molar-refractivity contribution < 1.29 is 23.9 Å². The molecule has 2 aromatic rings. The quantitative estimate of drug-likeness (QED) is 0.672. The Kier molecular flexibility index (Phi) is 7.06. The molecular formula is C24H27ClN4O5. The Morgan fingerprint density at radius 3 is 2.62 bits per heavy atom. The van der Waals surface area contributed by atoms with Gasteiger partial charge in [-0.1, -0.05) is 17.7 Å². The van der Waals surface area contributed by atoms with Crippen molar-refractivity contribution in [3.63, 3.8) is 0 Å². The lowest BCUT2D eigenvalue weighted by Gasteiger charge is -2.29. The second-order valence-corrected chi connectivity index (χ2v) is 9.07. The highest BCUT2D eigenvalue weighted by molar-refractivity contribution is 6.30. The van der Waals surface area contributed by atoms with E-state index in [-0.39, 0.29) is 25.0 Å². The normalized spacial score (nSPS) is 20.7. The molecule has 2 aliphatic heterocycles. The zero-order valence-electron chi connectivity index (χ0n) is 19.1. The van der Waals surface area contributed by atoms with E-state index < -0.39 is 11.7 Å². The van der Waals surface area contributed by atoms with Crippen molar-refractivity contribution in [2.45, 2.75) is 19.4 Å². The van der Waals surface area contributed by atoms with Gasteiger partial charge >= 0.3 is 6.09 Å². The van der Waals surface area contributed by atoms with E-state index in [9.17, 15) is 14.4 Å². The van der Waals surface area contributed by atoms with Crippen molar-refractivity contribution >= 4 is 46.6 Å². The number of ether oxygens (including phenoxy) is 2. The van der Waals surface area contributed by atoms with Crippen molar-refractivity contribution in [1.82, 2.24) is 4.90 Å². The number of amides is 3. The summed E-state index contributed by atoms with van der Waals surface area (Å²) in [5.74, 6) is -0.395. The second-order valence-electron chi connectivity index (χ2n) is 8.64. The fourth-order valence-electron chi connectivity index (χ4n) is 4.15. The summed E-state index contributed by atoms with van der Waals surface area (Å²) in [6, 6.07) is 12.3. The van der Waals surface area contributed by atoms with Gasteiger partial charge in [0.05, 0.1) is 26.3 Å². The molecule has 2 heterocycles. The van der Waals surface area contributed by atoms with Gasteiger partial charge in [-0.2, -0.15) is 0 Å². The first-order valence-electron chi connectivity index (χ1n) is 11.0.